The third kappa shape index (κ3) is 4.53. The van der Waals surface area contributed by atoms with Gasteiger partial charge in [-0.2, -0.15) is 0 Å². The molecule has 3 aliphatic rings. The van der Waals surface area contributed by atoms with Crippen LogP contribution in [0.1, 0.15) is 49.7 Å². The van der Waals surface area contributed by atoms with E-state index in [1.165, 1.54) is 12.8 Å². The summed E-state index contributed by atoms with van der Waals surface area (Å²) in [6.07, 6.45) is 5.95. The van der Waals surface area contributed by atoms with Crippen LogP contribution in [-0.2, 0) is 14.3 Å². The van der Waals surface area contributed by atoms with E-state index in [0.29, 0.717) is 41.0 Å². The summed E-state index contributed by atoms with van der Waals surface area (Å²) >= 11 is 6.74. The minimum absolute atomic E-state index is 0.0652. The van der Waals surface area contributed by atoms with Crippen molar-refractivity contribution in [2.75, 3.05) is 26.0 Å². The van der Waals surface area contributed by atoms with E-state index in [1.54, 1.807) is 11.0 Å². The molecule has 6 nitrogen and oxygen atoms in total. The van der Waals surface area contributed by atoms with E-state index in [0.717, 1.165) is 29.5 Å². The van der Waals surface area contributed by atoms with Gasteiger partial charge in [-0.25, -0.2) is 4.79 Å². The molecule has 1 aliphatic heterocycles. The molecule has 5 rings (SSSR count). The van der Waals surface area contributed by atoms with Gasteiger partial charge in [0.25, 0.3) is 0 Å². The molecule has 1 spiro atoms. The molecule has 2 aliphatic carbocycles. The third-order valence-electron chi connectivity index (χ3n) is 7.99. The number of nitrogens with one attached hydrogen (secondary N) is 1. The largest absolute Gasteiger partial charge is 0.507 e. The first-order chi connectivity index (χ1) is 17.2. The number of likely N-dealkylation sites (N-methyl/N-ethyl adjacent to an activating group) is 1. The zero-order valence-electron chi connectivity index (χ0n) is 21.1. The maximum atomic E-state index is 13.1. The van der Waals surface area contributed by atoms with Crippen molar-refractivity contribution < 1.29 is 19.4 Å². The number of hydrogen-bond donors (Lipinski definition) is 2. The SMILES string of the molecule is Cc1cc(-c2cccc(NC(=O)CN(C)C)c2)c(Cl)cc1C1=C(O)[C@]2(CC[C@@H]3CCC[C@@H]3C2)OC1=O. The molecule has 2 aromatic carbocycles. The van der Waals surface area contributed by atoms with Gasteiger partial charge < -0.3 is 20.1 Å². The molecule has 7 heteroatoms. The molecule has 36 heavy (non-hydrogen) atoms. The van der Waals surface area contributed by atoms with Crippen molar-refractivity contribution in [2.45, 2.75) is 51.0 Å². The first-order valence-electron chi connectivity index (χ1n) is 12.7. The number of anilines is 1. The highest BCUT2D eigenvalue weighted by atomic mass is 35.5. The van der Waals surface area contributed by atoms with Crippen LogP contribution >= 0.6 is 11.6 Å². The monoisotopic (exact) mass is 508 g/mol. The number of esters is 1. The molecule has 1 amide bonds. The number of aliphatic hydroxyl groups is 1. The number of carbonyl (C=O) groups is 2. The lowest BCUT2D eigenvalue weighted by Gasteiger charge is -2.38. The van der Waals surface area contributed by atoms with E-state index in [2.05, 4.69) is 5.32 Å². The molecular weight excluding hydrogens is 476 g/mol. The van der Waals surface area contributed by atoms with Gasteiger partial charge in [0.2, 0.25) is 5.91 Å². The lowest BCUT2D eigenvalue weighted by Crippen LogP contribution is -2.40. The Kier molecular flexibility index (Phi) is 6.60. The zero-order chi connectivity index (χ0) is 25.6. The summed E-state index contributed by atoms with van der Waals surface area (Å²) in [6, 6.07) is 11.2. The highest BCUT2D eigenvalue weighted by Gasteiger charge is 2.53. The van der Waals surface area contributed by atoms with Gasteiger partial charge in [-0.1, -0.05) is 43.0 Å². The summed E-state index contributed by atoms with van der Waals surface area (Å²) in [7, 11) is 3.68. The molecule has 3 atom stereocenters. The average Bonchev–Trinajstić information content (AvgIpc) is 3.36. The molecule has 0 aromatic heterocycles. The summed E-state index contributed by atoms with van der Waals surface area (Å²) < 4.78 is 5.92. The van der Waals surface area contributed by atoms with Crippen molar-refractivity contribution in [3.8, 4) is 11.1 Å². The van der Waals surface area contributed by atoms with Gasteiger partial charge in [-0.15, -0.1) is 0 Å². The molecule has 2 fully saturated rings. The van der Waals surface area contributed by atoms with Crippen LogP contribution in [0.5, 0.6) is 0 Å². The number of halogens is 1. The van der Waals surface area contributed by atoms with Crippen LogP contribution < -0.4 is 5.32 Å². The Balaban J connectivity index is 1.45. The molecule has 2 aromatic rings. The Morgan fingerprint density at radius 3 is 2.72 bits per heavy atom. The number of benzene rings is 2. The van der Waals surface area contributed by atoms with Gasteiger partial charge in [0, 0.05) is 16.3 Å². The predicted molar refractivity (Wildman–Crippen MR) is 142 cm³/mol. The van der Waals surface area contributed by atoms with E-state index in [9.17, 15) is 14.7 Å². The van der Waals surface area contributed by atoms with Crippen molar-refractivity contribution in [2.24, 2.45) is 11.8 Å². The summed E-state index contributed by atoms with van der Waals surface area (Å²) in [5.41, 5.74) is 3.08. The Labute approximate surface area is 217 Å². The molecule has 1 heterocycles. The predicted octanol–water partition coefficient (Wildman–Crippen LogP) is 5.98. The highest BCUT2D eigenvalue weighted by Crippen LogP contribution is 2.53. The normalized spacial score (nSPS) is 25.4. The van der Waals surface area contributed by atoms with Crippen LogP contribution in [-0.4, -0.2) is 48.1 Å². The maximum absolute atomic E-state index is 13.1. The van der Waals surface area contributed by atoms with E-state index in [1.807, 2.05) is 51.4 Å². The van der Waals surface area contributed by atoms with Crippen molar-refractivity contribution >= 4 is 34.7 Å². The molecule has 2 N–H and O–H groups in total. The fourth-order valence-corrected chi connectivity index (χ4v) is 6.55. The second-order valence-corrected chi connectivity index (χ2v) is 11.2. The lowest BCUT2D eigenvalue weighted by atomic mass is 9.72. The highest BCUT2D eigenvalue weighted by molar-refractivity contribution is 6.34. The van der Waals surface area contributed by atoms with Crippen molar-refractivity contribution in [1.82, 2.24) is 4.90 Å². The quantitative estimate of drug-likeness (QED) is 0.486. The molecule has 190 valence electrons. The van der Waals surface area contributed by atoms with Crippen molar-refractivity contribution in [1.29, 1.82) is 0 Å². The maximum Gasteiger partial charge on any atom is 0.343 e. The minimum Gasteiger partial charge on any atom is -0.507 e. The summed E-state index contributed by atoms with van der Waals surface area (Å²) in [5.74, 6) is 0.685. The number of ether oxygens (including phenoxy) is 1. The van der Waals surface area contributed by atoms with Crippen LogP contribution in [0.25, 0.3) is 16.7 Å². The Morgan fingerprint density at radius 1 is 1.17 bits per heavy atom. The van der Waals surface area contributed by atoms with E-state index < -0.39 is 11.6 Å². The fourth-order valence-electron chi connectivity index (χ4n) is 6.28. The molecule has 0 saturated heterocycles. The zero-order valence-corrected chi connectivity index (χ0v) is 21.8. The average molecular weight is 509 g/mol. The number of hydrogen-bond acceptors (Lipinski definition) is 5. The molecule has 0 unspecified atom stereocenters. The number of fused-ring (bicyclic) bond motifs is 1. The summed E-state index contributed by atoms with van der Waals surface area (Å²) in [6.45, 7) is 2.20. The molecular formula is C29H33ClN2O4. The van der Waals surface area contributed by atoms with E-state index in [4.69, 9.17) is 16.3 Å². The van der Waals surface area contributed by atoms with Crippen LogP contribution in [0, 0.1) is 18.8 Å². The van der Waals surface area contributed by atoms with Crippen LogP contribution in [0.2, 0.25) is 5.02 Å². The third-order valence-corrected chi connectivity index (χ3v) is 8.30. The second kappa shape index (κ2) is 9.56. The smallest absolute Gasteiger partial charge is 0.343 e. The van der Waals surface area contributed by atoms with Gasteiger partial charge >= 0.3 is 5.97 Å². The number of carbonyl (C=O) groups excluding carboxylic acids is 2. The van der Waals surface area contributed by atoms with Gasteiger partial charge in [0.1, 0.15) is 5.57 Å². The standard InChI is InChI=1S/C29H33ClN2O4/c1-17-12-23(19-7-5-9-21(13-19)31-25(33)16-32(2)3)24(30)14-22(17)26-27(34)29(36-28(26)35)11-10-18-6-4-8-20(18)15-29/h5,7,9,12-14,18,20,34H,4,6,8,10-11,15-16H2,1-3H3,(H,31,33)/t18-,20+,29+/m0/s1. The van der Waals surface area contributed by atoms with Crippen molar-refractivity contribution in [3.05, 3.63) is 58.3 Å². The topological polar surface area (TPSA) is 78.9 Å². The number of aryl methyl sites for hydroxylation is 1. The van der Waals surface area contributed by atoms with Crippen molar-refractivity contribution in [3.63, 3.8) is 0 Å². The van der Waals surface area contributed by atoms with Crippen LogP contribution in [0.15, 0.2) is 42.2 Å². The molecule has 0 radical (unpaired) electrons. The second-order valence-electron chi connectivity index (χ2n) is 10.8. The number of aliphatic hydroxyl groups excluding tert-OH is 1. The lowest BCUT2D eigenvalue weighted by molar-refractivity contribution is -0.152. The summed E-state index contributed by atoms with van der Waals surface area (Å²) in [5, 5.41) is 14.7. The number of amides is 1. The fraction of sp³-hybridized carbons (Fsp3) is 0.448. The molecule has 2 saturated carbocycles. The van der Waals surface area contributed by atoms with E-state index in [-0.39, 0.29) is 23.8 Å². The summed E-state index contributed by atoms with van der Waals surface area (Å²) in [4.78, 5) is 27.1. The van der Waals surface area contributed by atoms with Crippen LogP contribution in [0.3, 0.4) is 0 Å². The number of nitrogens with zero attached hydrogens (tertiary/aromatic N) is 1. The van der Waals surface area contributed by atoms with Gasteiger partial charge in [-0.3, -0.25) is 4.79 Å². The first-order valence-corrected chi connectivity index (χ1v) is 13.1. The molecule has 0 bridgehead atoms. The Bertz CT molecular complexity index is 1250. The first kappa shape index (κ1) is 24.8. The van der Waals surface area contributed by atoms with Gasteiger partial charge in [-0.05, 0) is 93.1 Å². The van der Waals surface area contributed by atoms with Gasteiger partial charge in [0.15, 0.2) is 11.4 Å². The van der Waals surface area contributed by atoms with Gasteiger partial charge in [0.05, 0.1) is 6.54 Å². The minimum atomic E-state index is -0.894. The Morgan fingerprint density at radius 2 is 1.94 bits per heavy atom. The number of rotatable bonds is 5. The Hall–Kier alpha value is -2.83. The van der Waals surface area contributed by atoms with E-state index >= 15 is 0 Å². The van der Waals surface area contributed by atoms with Crippen LogP contribution in [0.4, 0.5) is 5.69 Å².